The summed E-state index contributed by atoms with van der Waals surface area (Å²) in [4.78, 5) is 39.3. The van der Waals surface area contributed by atoms with Crippen molar-refractivity contribution in [2.75, 3.05) is 13.2 Å². The molecule has 2 amide bonds. The summed E-state index contributed by atoms with van der Waals surface area (Å²) in [6.07, 6.45) is 1.61. The van der Waals surface area contributed by atoms with Crippen molar-refractivity contribution < 1.29 is 23.9 Å². The molecule has 6 nitrogen and oxygen atoms in total. The lowest BCUT2D eigenvalue weighted by atomic mass is 10.1. The van der Waals surface area contributed by atoms with Crippen LogP contribution in [0.15, 0.2) is 65.6 Å². The number of hydrogen-bond acceptors (Lipinski definition) is 6. The van der Waals surface area contributed by atoms with Crippen LogP contribution in [0.1, 0.15) is 28.4 Å². The number of rotatable bonds is 9. The normalized spacial score (nSPS) is 14.4. The van der Waals surface area contributed by atoms with Gasteiger partial charge in [0.1, 0.15) is 6.61 Å². The molecule has 190 valence electrons. The second kappa shape index (κ2) is 12.3. The average Bonchev–Trinajstić information content (AvgIpc) is 3.12. The van der Waals surface area contributed by atoms with E-state index in [1.165, 1.54) is 0 Å². The van der Waals surface area contributed by atoms with E-state index < -0.39 is 11.1 Å². The van der Waals surface area contributed by atoms with E-state index in [1.807, 2.05) is 31.2 Å². The van der Waals surface area contributed by atoms with E-state index in [-0.39, 0.29) is 23.8 Å². The zero-order valence-electron chi connectivity index (χ0n) is 19.5. The summed E-state index contributed by atoms with van der Waals surface area (Å²) < 4.78 is 12.6. The van der Waals surface area contributed by atoms with Gasteiger partial charge in [-0.1, -0.05) is 41.4 Å². The highest BCUT2D eigenvalue weighted by molar-refractivity contribution is 14.1. The molecule has 37 heavy (non-hydrogen) atoms. The van der Waals surface area contributed by atoms with Gasteiger partial charge < -0.3 is 9.47 Å². The number of hydrogen-bond donors (Lipinski definition) is 0. The number of halogens is 3. The Labute approximate surface area is 242 Å². The van der Waals surface area contributed by atoms with Crippen LogP contribution in [0.25, 0.3) is 6.08 Å². The van der Waals surface area contributed by atoms with Crippen LogP contribution in [0.2, 0.25) is 10.0 Å². The zero-order chi connectivity index (χ0) is 26.5. The Morgan fingerprint density at radius 2 is 1.78 bits per heavy atom. The second-order valence-electron chi connectivity index (χ2n) is 7.84. The Morgan fingerprint density at radius 3 is 2.49 bits per heavy atom. The van der Waals surface area contributed by atoms with Crippen LogP contribution in [-0.4, -0.2) is 35.0 Å². The lowest BCUT2D eigenvalue weighted by Crippen LogP contribution is -2.33. The predicted octanol–water partition coefficient (Wildman–Crippen LogP) is 7.49. The number of nitrogens with zero attached hydrogens (tertiary/aromatic N) is 1. The summed E-state index contributed by atoms with van der Waals surface area (Å²) in [5.41, 5.74) is 1.87. The Morgan fingerprint density at radius 1 is 1.05 bits per heavy atom. The van der Waals surface area contributed by atoms with E-state index in [2.05, 4.69) is 22.6 Å². The Balaban J connectivity index is 1.53. The monoisotopic (exact) mass is 667 g/mol. The molecule has 0 saturated carbocycles. The van der Waals surface area contributed by atoms with Crippen LogP contribution in [-0.2, 0) is 11.4 Å². The molecule has 0 atom stereocenters. The molecular formula is C27H20Cl2INO5S. The molecule has 10 heteroatoms. The molecule has 1 aliphatic heterocycles. The largest absolute Gasteiger partial charge is 0.490 e. The Kier molecular flexibility index (Phi) is 9.17. The molecule has 0 N–H and O–H groups in total. The minimum absolute atomic E-state index is 0.219. The van der Waals surface area contributed by atoms with Crippen LogP contribution in [0.5, 0.6) is 11.5 Å². The van der Waals surface area contributed by atoms with E-state index in [9.17, 15) is 14.4 Å². The average molecular weight is 668 g/mol. The van der Waals surface area contributed by atoms with Gasteiger partial charge in [0.25, 0.3) is 11.1 Å². The third-order valence-corrected chi connectivity index (χ3v) is 7.63. The van der Waals surface area contributed by atoms with E-state index in [1.54, 1.807) is 42.5 Å². The molecular weight excluding hydrogens is 648 g/mol. The lowest BCUT2D eigenvalue weighted by molar-refractivity contribution is -0.122. The van der Waals surface area contributed by atoms with Gasteiger partial charge in [-0.25, -0.2) is 0 Å². The molecule has 3 aromatic carbocycles. The van der Waals surface area contributed by atoms with E-state index >= 15 is 0 Å². The minimum atomic E-state index is -0.524. The zero-order valence-corrected chi connectivity index (χ0v) is 24.0. The summed E-state index contributed by atoms with van der Waals surface area (Å²) in [5, 5.41) is 0.599. The maximum absolute atomic E-state index is 13.0. The standard InChI is InChI=1S/C27H20Cl2INO5S/c1-2-35-23-12-16(11-21(30)25(23)36-15-18-5-3-4-6-20(18)29)13-24-26(33)31(27(34)37-24)14-22(32)17-7-9-19(28)10-8-17/h3-13H,2,14-15H2,1H3/b24-13+. The first-order chi connectivity index (χ1) is 17.8. The number of carbonyl (C=O) groups excluding carboxylic acids is 3. The number of carbonyl (C=O) groups is 3. The van der Waals surface area contributed by atoms with Crippen LogP contribution in [0.3, 0.4) is 0 Å². The van der Waals surface area contributed by atoms with Gasteiger partial charge in [-0.3, -0.25) is 19.3 Å². The quantitative estimate of drug-likeness (QED) is 0.134. The predicted molar refractivity (Wildman–Crippen MR) is 155 cm³/mol. The van der Waals surface area contributed by atoms with Crippen molar-refractivity contribution in [2.24, 2.45) is 0 Å². The highest BCUT2D eigenvalue weighted by Gasteiger charge is 2.36. The van der Waals surface area contributed by atoms with Gasteiger partial charge in [-0.2, -0.15) is 0 Å². The number of ether oxygens (including phenoxy) is 2. The van der Waals surface area contributed by atoms with E-state index in [0.717, 1.165) is 25.8 Å². The van der Waals surface area contributed by atoms with Crippen LogP contribution < -0.4 is 9.47 Å². The fourth-order valence-electron chi connectivity index (χ4n) is 3.50. The van der Waals surface area contributed by atoms with Gasteiger partial charge in [-0.15, -0.1) is 0 Å². The smallest absolute Gasteiger partial charge is 0.293 e. The maximum atomic E-state index is 13.0. The van der Waals surface area contributed by atoms with Gasteiger partial charge >= 0.3 is 0 Å². The van der Waals surface area contributed by atoms with Gasteiger partial charge in [0.05, 0.1) is 21.6 Å². The van der Waals surface area contributed by atoms with Gasteiger partial charge in [-0.05, 0) is 95.4 Å². The van der Waals surface area contributed by atoms with Crippen molar-refractivity contribution in [3.8, 4) is 11.5 Å². The Bertz CT molecular complexity index is 1390. The van der Waals surface area contributed by atoms with Crippen molar-refractivity contribution in [3.05, 3.63) is 95.9 Å². The summed E-state index contributed by atoms with van der Waals surface area (Å²) >= 11 is 15.0. The number of imide groups is 1. The van der Waals surface area contributed by atoms with Gasteiger partial charge in [0.2, 0.25) is 0 Å². The molecule has 1 fully saturated rings. The fourth-order valence-corrected chi connectivity index (χ4v) is 5.43. The van der Waals surface area contributed by atoms with Crippen LogP contribution >= 0.6 is 57.6 Å². The molecule has 0 spiro atoms. The van der Waals surface area contributed by atoms with Crippen LogP contribution in [0.4, 0.5) is 4.79 Å². The molecule has 0 unspecified atom stereocenters. The summed E-state index contributed by atoms with van der Waals surface area (Å²) in [5.74, 6) is 0.184. The maximum Gasteiger partial charge on any atom is 0.293 e. The number of amides is 2. The molecule has 0 bridgehead atoms. The number of thioether (sulfide) groups is 1. The minimum Gasteiger partial charge on any atom is -0.490 e. The topological polar surface area (TPSA) is 72.9 Å². The number of benzene rings is 3. The summed E-state index contributed by atoms with van der Waals surface area (Å²) in [6, 6.07) is 17.3. The Hall–Kier alpha value is -2.53. The summed E-state index contributed by atoms with van der Waals surface area (Å²) in [7, 11) is 0. The van der Waals surface area contributed by atoms with Crippen LogP contribution in [0, 0.1) is 3.57 Å². The van der Waals surface area contributed by atoms with E-state index in [0.29, 0.717) is 39.3 Å². The van der Waals surface area contributed by atoms with Crippen molar-refractivity contribution in [3.63, 3.8) is 0 Å². The van der Waals surface area contributed by atoms with Gasteiger partial charge in [0.15, 0.2) is 17.3 Å². The molecule has 1 saturated heterocycles. The van der Waals surface area contributed by atoms with Crippen molar-refractivity contribution in [2.45, 2.75) is 13.5 Å². The number of ketones is 1. The number of Topliss-reactive ketones (excluding diaryl/α,β-unsaturated/α-hetero) is 1. The first-order valence-electron chi connectivity index (χ1n) is 11.1. The highest BCUT2D eigenvalue weighted by Crippen LogP contribution is 2.38. The highest BCUT2D eigenvalue weighted by atomic mass is 127. The first-order valence-corrected chi connectivity index (χ1v) is 13.8. The van der Waals surface area contributed by atoms with Crippen molar-refractivity contribution >= 4 is 80.6 Å². The fraction of sp³-hybridized carbons (Fsp3) is 0.148. The first kappa shape index (κ1) is 27.5. The SMILES string of the molecule is CCOc1cc(/C=C2/SC(=O)N(CC(=O)c3ccc(Cl)cc3)C2=O)cc(I)c1OCc1ccccc1Cl. The molecule has 0 radical (unpaired) electrons. The van der Waals surface area contributed by atoms with Gasteiger partial charge in [0, 0.05) is 21.2 Å². The third kappa shape index (κ3) is 6.67. The molecule has 0 aliphatic carbocycles. The van der Waals surface area contributed by atoms with E-state index in [4.69, 9.17) is 32.7 Å². The molecule has 4 rings (SSSR count). The lowest BCUT2D eigenvalue weighted by Gasteiger charge is -2.15. The molecule has 1 aliphatic rings. The van der Waals surface area contributed by atoms with Crippen molar-refractivity contribution in [1.82, 2.24) is 4.90 Å². The third-order valence-electron chi connectivity index (χ3n) is 5.30. The second-order valence-corrected chi connectivity index (χ2v) is 10.8. The molecule has 3 aromatic rings. The summed E-state index contributed by atoms with van der Waals surface area (Å²) in [6.45, 7) is 2.18. The molecule has 1 heterocycles. The van der Waals surface area contributed by atoms with Crippen molar-refractivity contribution in [1.29, 1.82) is 0 Å². The molecule has 0 aromatic heterocycles.